The molecule has 106 valence electrons. The molecule has 0 aliphatic rings. The minimum absolute atomic E-state index is 0.128. The summed E-state index contributed by atoms with van der Waals surface area (Å²) in [6, 6.07) is 5.21. The van der Waals surface area contributed by atoms with Crippen LogP contribution in [0.25, 0.3) is 0 Å². The maximum absolute atomic E-state index is 11.6. The molecule has 0 saturated heterocycles. The van der Waals surface area contributed by atoms with Gasteiger partial charge in [-0.3, -0.25) is 0 Å². The quantitative estimate of drug-likeness (QED) is 0.584. The fourth-order valence-electron chi connectivity index (χ4n) is 1.42. The normalized spacial score (nSPS) is 10.1. The van der Waals surface area contributed by atoms with Gasteiger partial charge in [0, 0.05) is 7.11 Å². The molecule has 1 aromatic carbocycles. The average Bonchev–Trinajstić information content (AvgIpc) is 2.39. The van der Waals surface area contributed by atoms with Gasteiger partial charge >= 0.3 is 6.03 Å². The number of aryl methyl sites for hydroxylation is 1. The second kappa shape index (κ2) is 8.34. The van der Waals surface area contributed by atoms with Gasteiger partial charge in [-0.25, -0.2) is 4.79 Å². The summed E-state index contributed by atoms with van der Waals surface area (Å²) < 4.78 is 15.1. The highest BCUT2D eigenvalue weighted by Crippen LogP contribution is 2.24. The Morgan fingerprint density at radius 2 is 2.05 bits per heavy atom. The summed E-state index contributed by atoms with van der Waals surface area (Å²) in [7, 11) is 3.15. The molecule has 0 atom stereocenters. The summed E-state index contributed by atoms with van der Waals surface area (Å²) in [6.07, 6.45) is 0. The molecule has 0 saturated carbocycles. The van der Waals surface area contributed by atoms with E-state index in [0.717, 1.165) is 5.56 Å². The minimum Gasteiger partial charge on any atom is -0.495 e. The second-order valence-corrected chi connectivity index (χ2v) is 3.88. The van der Waals surface area contributed by atoms with Crippen LogP contribution in [-0.2, 0) is 9.47 Å². The lowest BCUT2D eigenvalue weighted by Gasteiger charge is -2.12. The summed E-state index contributed by atoms with van der Waals surface area (Å²) in [4.78, 5) is 11.6. The van der Waals surface area contributed by atoms with E-state index in [-0.39, 0.29) is 12.8 Å². The zero-order chi connectivity index (χ0) is 14.1. The second-order valence-electron chi connectivity index (χ2n) is 3.88. The van der Waals surface area contributed by atoms with Gasteiger partial charge in [0.25, 0.3) is 0 Å². The predicted octanol–water partition coefficient (Wildman–Crippen LogP) is 1.75. The summed E-state index contributed by atoms with van der Waals surface area (Å²) in [5.74, 6) is 0.612. The van der Waals surface area contributed by atoms with Crippen molar-refractivity contribution >= 4 is 11.7 Å². The number of carbonyl (C=O) groups excluding carboxylic acids is 1. The zero-order valence-electron chi connectivity index (χ0n) is 11.5. The Labute approximate surface area is 113 Å². The average molecular weight is 268 g/mol. The van der Waals surface area contributed by atoms with Crippen molar-refractivity contribution in [2.75, 3.05) is 39.5 Å². The molecule has 2 N–H and O–H groups in total. The van der Waals surface area contributed by atoms with Crippen LogP contribution in [0.4, 0.5) is 10.5 Å². The lowest BCUT2D eigenvalue weighted by Crippen LogP contribution is -2.31. The Bertz CT molecular complexity index is 410. The minimum atomic E-state index is -0.346. The van der Waals surface area contributed by atoms with Crippen molar-refractivity contribution in [2.45, 2.75) is 6.92 Å². The number of urea groups is 1. The van der Waals surface area contributed by atoms with Gasteiger partial charge in [0.15, 0.2) is 0 Å². The van der Waals surface area contributed by atoms with E-state index in [1.807, 2.05) is 19.1 Å². The van der Waals surface area contributed by atoms with Crippen LogP contribution in [0.3, 0.4) is 0 Å². The molecule has 0 bridgehead atoms. The molecular weight excluding hydrogens is 248 g/mol. The van der Waals surface area contributed by atoms with Gasteiger partial charge in [-0.2, -0.15) is 0 Å². The van der Waals surface area contributed by atoms with Gasteiger partial charge < -0.3 is 24.8 Å². The molecule has 0 spiro atoms. The highest BCUT2D eigenvalue weighted by Gasteiger charge is 2.06. The Morgan fingerprint density at radius 3 is 2.74 bits per heavy atom. The summed E-state index contributed by atoms with van der Waals surface area (Å²) >= 11 is 0. The van der Waals surface area contributed by atoms with Crippen molar-refractivity contribution in [3.05, 3.63) is 23.8 Å². The van der Waals surface area contributed by atoms with E-state index < -0.39 is 0 Å². The van der Waals surface area contributed by atoms with Crippen molar-refractivity contribution in [2.24, 2.45) is 0 Å². The molecule has 1 aromatic rings. The molecular formula is C13H20N2O4. The van der Waals surface area contributed by atoms with Gasteiger partial charge in [0.05, 0.1) is 26.0 Å². The number of anilines is 1. The summed E-state index contributed by atoms with van der Waals surface area (Å²) in [5, 5.41) is 5.28. The van der Waals surface area contributed by atoms with Crippen molar-refractivity contribution in [1.29, 1.82) is 0 Å². The van der Waals surface area contributed by atoms with Crippen LogP contribution < -0.4 is 15.4 Å². The number of methoxy groups -OCH3 is 2. The molecule has 1 rings (SSSR count). The van der Waals surface area contributed by atoms with Crippen LogP contribution in [0.1, 0.15) is 5.56 Å². The number of carbonyl (C=O) groups is 1. The Kier molecular flexibility index (Phi) is 6.70. The maximum atomic E-state index is 11.6. The van der Waals surface area contributed by atoms with Crippen LogP contribution in [0, 0.1) is 6.92 Å². The maximum Gasteiger partial charge on any atom is 0.321 e. The van der Waals surface area contributed by atoms with E-state index in [1.54, 1.807) is 20.3 Å². The SMILES string of the molecule is COCCOCNC(=O)Nc1cc(C)ccc1OC. The van der Waals surface area contributed by atoms with Gasteiger partial charge in [-0.05, 0) is 24.6 Å². The first kappa shape index (κ1) is 15.3. The van der Waals surface area contributed by atoms with E-state index in [2.05, 4.69) is 10.6 Å². The van der Waals surface area contributed by atoms with E-state index >= 15 is 0 Å². The standard InChI is InChI=1S/C13H20N2O4/c1-10-4-5-12(18-3)11(8-10)15-13(16)14-9-19-7-6-17-2/h4-5,8H,6-7,9H2,1-3H3,(H2,14,15,16). The Morgan fingerprint density at radius 1 is 1.26 bits per heavy atom. The first-order valence-electron chi connectivity index (χ1n) is 5.93. The van der Waals surface area contributed by atoms with Crippen molar-refractivity contribution < 1.29 is 19.0 Å². The highest BCUT2D eigenvalue weighted by molar-refractivity contribution is 5.90. The van der Waals surface area contributed by atoms with Crippen LogP contribution >= 0.6 is 0 Å². The number of benzene rings is 1. The first-order valence-corrected chi connectivity index (χ1v) is 5.93. The van der Waals surface area contributed by atoms with E-state index in [0.29, 0.717) is 24.7 Å². The lowest BCUT2D eigenvalue weighted by atomic mass is 10.2. The largest absolute Gasteiger partial charge is 0.495 e. The van der Waals surface area contributed by atoms with Gasteiger partial charge in [-0.15, -0.1) is 0 Å². The number of hydrogen-bond donors (Lipinski definition) is 2. The molecule has 2 amide bonds. The van der Waals surface area contributed by atoms with Crippen LogP contribution in [0.15, 0.2) is 18.2 Å². The lowest BCUT2D eigenvalue weighted by molar-refractivity contribution is 0.0650. The number of amides is 2. The molecule has 0 unspecified atom stereocenters. The van der Waals surface area contributed by atoms with Gasteiger partial charge in [0.1, 0.15) is 12.5 Å². The van der Waals surface area contributed by atoms with E-state index in [9.17, 15) is 4.79 Å². The molecule has 0 fully saturated rings. The number of nitrogens with one attached hydrogen (secondary N) is 2. The Balaban J connectivity index is 2.41. The molecule has 19 heavy (non-hydrogen) atoms. The van der Waals surface area contributed by atoms with Crippen molar-refractivity contribution in [3.63, 3.8) is 0 Å². The van der Waals surface area contributed by atoms with Crippen LogP contribution in [0.2, 0.25) is 0 Å². The first-order chi connectivity index (χ1) is 9.17. The third kappa shape index (κ3) is 5.58. The Hall–Kier alpha value is -1.79. The van der Waals surface area contributed by atoms with Crippen molar-refractivity contribution in [1.82, 2.24) is 5.32 Å². The molecule has 0 aromatic heterocycles. The molecule has 6 nitrogen and oxygen atoms in total. The fraction of sp³-hybridized carbons (Fsp3) is 0.462. The number of hydrogen-bond acceptors (Lipinski definition) is 4. The molecule has 6 heteroatoms. The fourth-order valence-corrected chi connectivity index (χ4v) is 1.42. The highest BCUT2D eigenvalue weighted by atomic mass is 16.5. The summed E-state index contributed by atoms with van der Waals surface area (Å²) in [5.41, 5.74) is 1.66. The summed E-state index contributed by atoms with van der Waals surface area (Å²) in [6.45, 7) is 3.00. The monoisotopic (exact) mass is 268 g/mol. The van der Waals surface area contributed by atoms with Gasteiger partial charge in [0.2, 0.25) is 0 Å². The van der Waals surface area contributed by atoms with Crippen LogP contribution in [-0.4, -0.2) is 40.2 Å². The number of rotatable bonds is 7. The zero-order valence-corrected chi connectivity index (χ0v) is 11.5. The molecule has 0 radical (unpaired) electrons. The molecule has 0 aliphatic carbocycles. The topological polar surface area (TPSA) is 68.8 Å². The predicted molar refractivity (Wildman–Crippen MR) is 72.6 cm³/mol. The third-order valence-corrected chi connectivity index (χ3v) is 2.37. The van der Waals surface area contributed by atoms with Crippen LogP contribution in [0.5, 0.6) is 5.75 Å². The van der Waals surface area contributed by atoms with Gasteiger partial charge in [-0.1, -0.05) is 6.07 Å². The number of ether oxygens (including phenoxy) is 3. The smallest absolute Gasteiger partial charge is 0.321 e. The van der Waals surface area contributed by atoms with E-state index in [1.165, 1.54) is 0 Å². The molecule has 0 aliphatic heterocycles. The van der Waals surface area contributed by atoms with E-state index in [4.69, 9.17) is 14.2 Å². The molecule has 0 heterocycles. The third-order valence-electron chi connectivity index (χ3n) is 2.37. The van der Waals surface area contributed by atoms with Crippen molar-refractivity contribution in [3.8, 4) is 5.75 Å².